The van der Waals surface area contributed by atoms with Gasteiger partial charge in [0, 0.05) is 12.0 Å². The average Bonchev–Trinajstić information content (AvgIpc) is 2.62. The Morgan fingerprint density at radius 2 is 2.04 bits per heavy atom. The molecule has 4 N–H and O–H groups in total. The van der Waals surface area contributed by atoms with Crippen molar-refractivity contribution < 1.29 is 44.2 Å². The summed E-state index contributed by atoms with van der Waals surface area (Å²) in [6, 6.07) is 0. The van der Waals surface area contributed by atoms with Crippen LogP contribution in [0.25, 0.3) is 0 Å². The second-order valence-corrected chi connectivity index (χ2v) is 5.86. The third-order valence-corrected chi connectivity index (χ3v) is 4.37. The number of fused-ring (bicyclic) bond motifs is 1. The van der Waals surface area contributed by atoms with E-state index in [2.05, 4.69) is 6.58 Å². The highest BCUT2D eigenvalue weighted by Gasteiger charge is 2.46. The van der Waals surface area contributed by atoms with Crippen LogP contribution in [0.2, 0.25) is 0 Å². The van der Waals surface area contributed by atoms with Crippen LogP contribution in [0.3, 0.4) is 0 Å². The maximum Gasteiger partial charge on any atom is 0.341 e. The molecule has 0 bridgehead atoms. The van der Waals surface area contributed by atoms with E-state index in [-0.39, 0.29) is 12.2 Å². The van der Waals surface area contributed by atoms with Crippen LogP contribution in [0.4, 0.5) is 0 Å². The van der Waals surface area contributed by atoms with Crippen molar-refractivity contribution in [3.8, 4) is 0 Å². The van der Waals surface area contributed by atoms with Crippen molar-refractivity contribution in [3.63, 3.8) is 0 Å². The van der Waals surface area contributed by atoms with Crippen LogP contribution in [0.5, 0.6) is 0 Å². The molecule has 6 atom stereocenters. The summed E-state index contributed by atoms with van der Waals surface area (Å²) in [5, 5.41) is 38.9. The monoisotopic (exact) mass is 356 g/mol. The Balaban J connectivity index is 1.80. The lowest BCUT2D eigenvalue weighted by atomic mass is 9.94. The van der Waals surface area contributed by atoms with Crippen molar-refractivity contribution in [2.75, 3.05) is 13.2 Å². The number of carbonyl (C=O) groups excluding carboxylic acids is 1. The van der Waals surface area contributed by atoms with Gasteiger partial charge in [0.25, 0.3) is 0 Å². The summed E-state index contributed by atoms with van der Waals surface area (Å²) in [7, 11) is 0. The molecule has 3 heterocycles. The summed E-state index contributed by atoms with van der Waals surface area (Å²) < 4.78 is 21.2. The first-order valence-corrected chi connectivity index (χ1v) is 7.82. The fourth-order valence-electron chi connectivity index (χ4n) is 2.97. The number of carbonyl (C=O) groups is 1. The number of cyclic esters (lactones) is 1. The molecule has 3 rings (SSSR count). The molecule has 0 aromatic carbocycles. The molecule has 0 radical (unpaired) electrons. The van der Waals surface area contributed by atoms with Gasteiger partial charge in [-0.2, -0.15) is 0 Å². The summed E-state index contributed by atoms with van der Waals surface area (Å²) in [6.07, 6.45) is -4.96. The van der Waals surface area contributed by atoms with Gasteiger partial charge in [0.1, 0.15) is 30.7 Å². The van der Waals surface area contributed by atoms with E-state index in [4.69, 9.17) is 18.9 Å². The first kappa shape index (κ1) is 18.1. The highest BCUT2D eigenvalue weighted by molar-refractivity contribution is 5.94. The predicted octanol–water partition coefficient (Wildman–Crippen LogP) is -1.53. The van der Waals surface area contributed by atoms with Gasteiger partial charge in [-0.15, -0.1) is 0 Å². The summed E-state index contributed by atoms with van der Waals surface area (Å²) in [6.45, 7) is 3.34. The minimum atomic E-state index is -1.56. The smallest absolute Gasteiger partial charge is 0.341 e. The minimum Gasteiger partial charge on any atom is -0.467 e. The number of ether oxygens (including phenoxy) is 4. The molecule has 1 unspecified atom stereocenters. The number of esters is 1. The Bertz CT molecular complexity index is 609. The topological polar surface area (TPSA) is 135 Å². The Hall–Kier alpha value is -1.75. The highest BCUT2D eigenvalue weighted by Crippen LogP contribution is 2.34. The number of aliphatic hydroxyl groups excluding tert-OH is 4. The Kier molecular flexibility index (Phi) is 5.23. The number of hydrogen-bond donors (Lipinski definition) is 4. The fourth-order valence-corrected chi connectivity index (χ4v) is 2.97. The minimum absolute atomic E-state index is 0.218. The van der Waals surface area contributed by atoms with Crippen molar-refractivity contribution in [3.05, 3.63) is 35.6 Å². The zero-order valence-electron chi connectivity index (χ0n) is 13.3. The molecule has 0 spiro atoms. The van der Waals surface area contributed by atoms with Crippen LogP contribution in [0.1, 0.15) is 6.42 Å². The van der Waals surface area contributed by atoms with E-state index in [1.165, 1.54) is 12.3 Å². The van der Waals surface area contributed by atoms with Crippen LogP contribution in [0, 0.1) is 0 Å². The molecule has 9 nitrogen and oxygen atoms in total. The molecular formula is C16H20O9. The molecular weight excluding hydrogens is 336 g/mol. The van der Waals surface area contributed by atoms with Crippen LogP contribution < -0.4 is 0 Å². The van der Waals surface area contributed by atoms with E-state index in [0.29, 0.717) is 17.6 Å². The van der Waals surface area contributed by atoms with Gasteiger partial charge < -0.3 is 39.4 Å². The van der Waals surface area contributed by atoms with Crippen LogP contribution in [0.15, 0.2) is 35.6 Å². The SMILES string of the molecule is C=CC1=C2CCOC(=O)C2=COC1O[C@@H]1O[C@H](CO)[C@@H](O)[C@H](O)[C@H]1O. The van der Waals surface area contributed by atoms with Crippen molar-refractivity contribution in [1.29, 1.82) is 0 Å². The lowest BCUT2D eigenvalue weighted by Gasteiger charge is -2.41. The van der Waals surface area contributed by atoms with Gasteiger partial charge in [-0.1, -0.05) is 12.7 Å². The Morgan fingerprint density at radius 1 is 1.28 bits per heavy atom. The van der Waals surface area contributed by atoms with Crippen molar-refractivity contribution in [2.45, 2.75) is 43.4 Å². The van der Waals surface area contributed by atoms with E-state index in [9.17, 15) is 25.2 Å². The van der Waals surface area contributed by atoms with Crippen LogP contribution >= 0.6 is 0 Å². The molecule has 3 aliphatic rings. The normalized spacial score (nSPS) is 38.4. The molecule has 138 valence electrons. The second-order valence-electron chi connectivity index (χ2n) is 5.86. The molecule has 2 saturated heterocycles. The number of hydrogen-bond acceptors (Lipinski definition) is 9. The summed E-state index contributed by atoms with van der Waals surface area (Å²) in [5.41, 5.74) is 1.41. The van der Waals surface area contributed by atoms with Gasteiger partial charge >= 0.3 is 5.97 Å². The zero-order chi connectivity index (χ0) is 18.1. The molecule has 2 fully saturated rings. The van der Waals surface area contributed by atoms with Crippen LogP contribution in [-0.4, -0.2) is 76.6 Å². The van der Waals surface area contributed by atoms with E-state index in [1.807, 2.05) is 0 Å². The van der Waals surface area contributed by atoms with Gasteiger partial charge in [-0.05, 0) is 5.57 Å². The first-order valence-electron chi connectivity index (χ1n) is 7.82. The number of rotatable bonds is 4. The van der Waals surface area contributed by atoms with Crippen molar-refractivity contribution in [1.82, 2.24) is 0 Å². The average molecular weight is 356 g/mol. The molecule has 0 amide bonds. The summed E-state index contributed by atoms with van der Waals surface area (Å²) in [5.74, 6) is -0.508. The van der Waals surface area contributed by atoms with Gasteiger partial charge in [0.05, 0.1) is 18.8 Å². The molecule has 0 aromatic heterocycles. The molecule has 3 aliphatic heterocycles. The van der Waals surface area contributed by atoms with Gasteiger partial charge in [0.15, 0.2) is 6.29 Å². The van der Waals surface area contributed by atoms with Crippen molar-refractivity contribution in [2.24, 2.45) is 0 Å². The van der Waals surface area contributed by atoms with Gasteiger partial charge in [0.2, 0.25) is 6.29 Å². The van der Waals surface area contributed by atoms with Gasteiger partial charge in [-0.25, -0.2) is 4.79 Å². The maximum absolute atomic E-state index is 11.8. The third kappa shape index (κ3) is 3.22. The molecule has 0 aromatic rings. The summed E-state index contributed by atoms with van der Waals surface area (Å²) >= 11 is 0. The molecule has 0 saturated carbocycles. The molecule has 9 heteroatoms. The zero-order valence-corrected chi connectivity index (χ0v) is 13.3. The van der Waals surface area contributed by atoms with E-state index in [1.54, 1.807) is 0 Å². The predicted molar refractivity (Wildman–Crippen MR) is 80.6 cm³/mol. The largest absolute Gasteiger partial charge is 0.467 e. The highest BCUT2D eigenvalue weighted by atomic mass is 16.8. The van der Waals surface area contributed by atoms with E-state index in [0.717, 1.165) is 0 Å². The fraction of sp³-hybridized carbons (Fsp3) is 0.562. The maximum atomic E-state index is 11.8. The summed E-state index contributed by atoms with van der Waals surface area (Å²) in [4.78, 5) is 11.8. The van der Waals surface area contributed by atoms with E-state index < -0.39 is 49.6 Å². The lowest BCUT2D eigenvalue weighted by molar-refractivity contribution is -0.326. The third-order valence-electron chi connectivity index (χ3n) is 4.37. The first-order chi connectivity index (χ1) is 12.0. The molecule has 25 heavy (non-hydrogen) atoms. The standard InChI is InChI=1S/C16H20O9/c1-2-7-8-3-4-22-14(21)9(8)6-23-15(7)25-16-13(20)12(19)11(18)10(5-17)24-16/h2,6,10-13,15-20H,1,3-5H2/t10-,11-,12+,13-,15?,16+/m1/s1. The Labute approximate surface area is 143 Å². The lowest BCUT2D eigenvalue weighted by Crippen LogP contribution is -2.59. The number of aliphatic hydroxyl groups is 4. The molecule has 0 aliphatic carbocycles. The Morgan fingerprint density at radius 3 is 2.72 bits per heavy atom. The van der Waals surface area contributed by atoms with E-state index >= 15 is 0 Å². The van der Waals surface area contributed by atoms with Crippen LogP contribution in [-0.2, 0) is 23.7 Å². The quantitative estimate of drug-likeness (QED) is 0.443. The van der Waals surface area contributed by atoms with Crippen molar-refractivity contribution >= 4 is 5.97 Å². The second kappa shape index (κ2) is 7.24. The van der Waals surface area contributed by atoms with Gasteiger partial charge in [-0.3, -0.25) is 0 Å².